The maximum Gasteiger partial charge on any atom is 0.234 e. The van der Waals surface area contributed by atoms with Crippen LogP contribution in [0.4, 0.5) is 5.69 Å². The highest BCUT2D eigenvalue weighted by molar-refractivity contribution is 7.99. The molecule has 4 rings (SSSR count). The number of rotatable bonds is 7. The zero-order chi connectivity index (χ0) is 21.1. The molecule has 1 N–H and O–H groups in total. The Morgan fingerprint density at radius 3 is 2.97 bits per heavy atom. The number of carbonyl (C=O) groups excluding carboxylic acids is 1. The maximum atomic E-state index is 12.5. The van der Waals surface area contributed by atoms with Crippen LogP contribution >= 0.6 is 34.7 Å². The van der Waals surface area contributed by atoms with Crippen LogP contribution in [-0.2, 0) is 24.2 Å². The van der Waals surface area contributed by atoms with E-state index in [-0.39, 0.29) is 11.7 Å². The van der Waals surface area contributed by atoms with Crippen LogP contribution in [0.1, 0.15) is 42.2 Å². The average Bonchev–Trinajstić information content (AvgIpc) is 3.33. The topological polar surface area (TPSA) is 59.8 Å². The summed E-state index contributed by atoms with van der Waals surface area (Å²) in [6.45, 7) is 4.94. The fourth-order valence-electron chi connectivity index (χ4n) is 3.75. The monoisotopic (exact) mass is 460 g/mol. The molecule has 8 heteroatoms. The third-order valence-electron chi connectivity index (χ3n) is 5.27. The van der Waals surface area contributed by atoms with Gasteiger partial charge >= 0.3 is 0 Å². The van der Waals surface area contributed by atoms with Gasteiger partial charge in [-0.05, 0) is 62.3 Å². The molecule has 2 heterocycles. The van der Waals surface area contributed by atoms with Crippen molar-refractivity contribution in [2.75, 3.05) is 11.1 Å². The van der Waals surface area contributed by atoms with Crippen molar-refractivity contribution in [1.29, 1.82) is 0 Å². The Balaban J connectivity index is 1.50. The molecule has 0 saturated carbocycles. The second-order valence-electron chi connectivity index (χ2n) is 7.51. The van der Waals surface area contributed by atoms with E-state index < -0.39 is 0 Å². The molecule has 30 heavy (non-hydrogen) atoms. The Hall–Kier alpha value is -1.83. The number of halogens is 1. The van der Waals surface area contributed by atoms with Gasteiger partial charge in [0.2, 0.25) is 5.91 Å². The quantitative estimate of drug-likeness (QED) is 0.440. The molecule has 158 valence electrons. The second kappa shape index (κ2) is 9.54. The van der Waals surface area contributed by atoms with Crippen LogP contribution in [0.15, 0.2) is 28.7 Å². The molecule has 1 aliphatic rings. The molecule has 5 nitrogen and oxygen atoms in total. The van der Waals surface area contributed by atoms with Crippen LogP contribution in [0.3, 0.4) is 0 Å². The van der Waals surface area contributed by atoms with Crippen LogP contribution < -0.4 is 5.32 Å². The van der Waals surface area contributed by atoms with Crippen molar-refractivity contribution in [2.24, 2.45) is 0 Å². The van der Waals surface area contributed by atoms with Crippen LogP contribution in [0.25, 0.3) is 11.4 Å². The molecule has 0 radical (unpaired) electrons. The SMILES string of the molecule is CCCn1c(SCC(=O)Nc2cc(Cl)ccc2C)nnc1-c1csc2c1CCCC2. The molecule has 2 aromatic heterocycles. The summed E-state index contributed by atoms with van der Waals surface area (Å²) in [7, 11) is 0. The van der Waals surface area contributed by atoms with E-state index in [2.05, 4.69) is 32.4 Å². The number of aromatic nitrogens is 3. The summed E-state index contributed by atoms with van der Waals surface area (Å²) < 4.78 is 2.17. The summed E-state index contributed by atoms with van der Waals surface area (Å²) in [6.07, 6.45) is 5.79. The van der Waals surface area contributed by atoms with Gasteiger partial charge in [-0.3, -0.25) is 4.79 Å². The van der Waals surface area contributed by atoms with Crippen molar-refractivity contribution in [2.45, 2.75) is 57.7 Å². The van der Waals surface area contributed by atoms with Gasteiger partial charge in [0.1, 0.15) is 0 Å². The Morgan fingerprint density at radius 1 is 1.30 bits per heavy atom. The van der Waals surface area contributed by atoms with Crippen molar-refractivity contribution >= 4 is 46.3 Å². The number of aryl methyl sites for hydroxylation is 2. The first-order valence-electron chi connectivity index (χ1n) is 10.3. The number of thiophene rings is 1. The first-order valence-corrected chi connectivity index (χ1v) is 12.5. The first kappa shape index (κ1) is 21.4. The summed E-state index contributed by atoms with van der Waals surface area (Å²) in [5.41, 5.74) is 4.40. The van der Waals surface area contributed by atoms with Gasteiger partial charge in [-0.25, -0.2) is 0 Å². The predicted octanol–water partition coefficient (Wildman–Crippen LogP) is 5.99. The van der Waals surface area contributed by atoms with Crippen LogP contribution in [0.5, 0.6) is 0 Å². The molecule has 0 unspecified atom stereocenters. The number of carbonyl (C=O) groups is 1. The first-order chi connectivity index (χ1) is 14.6. The number of anilines is 1. The number of thioether (sulfide) groups is 1. The van der Waals surface area contributed by atoms with Crippen LogP contribution in [0.2, 0.25) is 5.02 Å². The standard InChI is InChI=1S/C22H25ClN4OS2/c1-3-10-27-21(17-12-29-19-7-5-4-6-16(17)19)25-26-22(27)30-13-20(28)24-18-11-15(23)9-8-14(18)2/h8-9,11-12H,3-7,10,13H2,1-2H3,(H,24,28). The average molecular weight is 461 g/mol. The minimum absolute atomic E-state index is 0.0779. The number of hydrogen-bond donors (Lipinski definition) is 1. The highest BCUT2D eigenvalue weighted by Gasteiger charge is 2.22. The van der Waals surface area contributed by atoms with Crippen LogP contribution in [0, 0.1) is 6.92 Å². The maximum absolute atomic E-state index is 12.5. The van der Waals surface area contributed by atoms with Gasteiger partial charge < -0.3 is 9.88 Å². The molecule has 1 amide bonds. The number of fused-ring (bicyclic) bond motifs is 1. The lowest BCUT2D eigenvalue weighted by Crippen LogP contribution is -2.15. The molecule has 1 aliphatic carbocycles. The number of hydrogen-bond acceptors (Lipinski definition) is 5. The minimum atomic E-state index is -0.0779. The van der Waals surface area contributed by atoms with E-state index in [4.69, 9.17) is 11.6 Å². The second-order valence-corrected chi connectivity index (χ2v) is 9.86. The number of amides is 1. The highest BCUT2D eigenvalue weighted by atomic mass is 35.5. The van der Waals surface area contributed by atoms with E-state index in [1.54, 1.807) is 6.07 Å². The molecule has 0 aliphatic heterocycles. The molecule has 0 atom stereocenters. The summed E-state index contributed by atoms with van der Waals surface area (Å²) in [6, 6.07) is 5.49. The molecular weight excluding hydrogens is 436 g/mol. The Morgan fingerprint density at radius 2 is 2.13 bits per heavy atom. The van der Waals surface area contributed by atoms with Crippen molar-refractivity contribution in [3.8, 4) is 11.4 Å². The van der Waals surface area contributed by atoms with Gasteiger partial charge in [-0.2, -0.15) is 0 Å². The van der Waals surface area contributed by atoms with E-state index in [0.29, 0.717) is 5.02 Å². The molecular formula is C22H25ClN4OS2. The molecule has 0 saturated heterocycles. The molecule has 1 aromatic carbocycles. The van der Waals surface area contributed by atoms with Gasteiger partial charge in [0.05, 0.1) is 5.75 Å². The summed E-state index contributed by atoms with van der Waals surface area (Å²) in [4.78, 5) is 14.0. The van der Waals surface area contributed by atoms with Crippen molar-refractivity contribution in [3.05, 3.63) is 44.6 Å². The highest BCUT2D eigenvalue weighted by Crippen LogP contribution is 2.37. The van der Waals surface area contributed by atoms with Gasteiger partial charge in [-0.15, -0.1) is 21.5 Å². The van der Waals surface area contributed by atoms with E-state index in [1.807, 2.05) is 30.4 Å². The van der Waals surface area contributed by atoms with Crippen molar-refractivity contribution in [1.82, 2.24) is 14.8 Å². The third-order valence-corrected chi connectivity index (χ3v) is 7.56. The number of nitrogens with one attached hydrogen (secondary N) is 1. The number of benzene rings is 1. The van der Waals surface area contributed by atoms with E-state index >= 15 is 0 Å². The van der Waals surface area contributed by atoms with E-state index in [1.165, 1.54) is 47.0 Å². The van der Waals surface area contributed by atoms with Crippen molar-refractivity contribution in [3.63, 3.8) is 0 Å². The van der Waals surface area contributed by atoms with E-state index in [9.17, 15) is 4.79 Å². The van der Waals surface area contributed by atoms with Gasteiger partial charge in [0.15, 0.2) is 11.0 Å². The van der Waals surface area contributed by atoms with Crippen molar-refractivity contribution < 1.29 is 4.79 Å². The Bertz CT molecular complexity index is 1060. The molecule has 0 spiro atoms. The zero-order valence-corrected chi connectivity index (χ0v) is 19.6. The summed E-state index contributed by atoms with van der Waals surface area (Å²) in [5.74, 6) is 1.13. The predicted molar refractivity (Wildman–Crippen MR) is 126 cm³/mol. The van der Waals surface area contributed by atoms with Gasteiger partial charge in [0, 0.05) is 33.1 Å². The Kier molecular flexibility index (Phi) is 6.80. The molecule has 3 aromatic rings. The summed E-state index contributed by atoms with van der Waals surface area (Å²) >= 11 is 9.32. The lowest BCUT2D eigenvalue weighted by atomic mass is 9.95. The molecule has 0 fully saturated rings. The molecule has 0 bridgehead atoms. The fraction of sp³-hybridized carbons (Fsp3) is 0.409. The van der Waals surface area contributed by atoms with Gasteiger partial charge in [0.25, 0.3) is 0 Å². The Labute approximate surface area is 190 Å². The smallest absolute Gasteiger partial charge is 0.234 e. The largest absolute Gasteiger partial charge is 0.325 e. The van der Waals surface area contributed by atoms with Crippen LogP contribution in [-0.4, -0.2) is 26.4 Å². The lowest BCUT2D eigenvalue weighted by Gasteiger charge is -2.14. The zero-order valence-electron chi connectivity index (χ0n) is 17.2. The van der Waals surface area contributed by atoms with E-state index in [0.717, 1.165) is 41.6 Å². The summed E-state index contributed by atoms with van der Waals surface area (Å²) in [5, 5.41) is 15.5. The minimum Gasteiger partial charge on any atom is -0.325 e. The fourth-order valence-corrected chi connectivity index (χ4v) is 5.81. The van der Waals surface area contributed by atoms with Gasteiger partial charge in [-0.1, -0.05) is 36.4 Å². The third kappa shape index (κ3) is 4.58. The lowest BCUT2D eigenvalue weighted by molar-refractivity contribution is -0.113. The number of nitrogens with zero attached hydrogens (tertiary/aromatic N) is 3. The normalized spacial score (nSPS) is 13.3.